The highest BCUT2D eigenvalue weighted by atomic mass is 16.5. The SMILES string of the molecule is COC[C@@H](NC(=O)OC/C=C/C1CCCCC1)c1ccccc1. The zero-order chi connectivity index (χ0) is 16.3. The number of methoxy groups -OCH3 is 1. The van der Waals surface area contributed by atoms with Gasteiger partial charge in [-0.2, -0.15) is 0 Å². The summed E-state index contributed by atoms with van der Waals surface area (Å²) >= 11 is 0. The Hall–Kier alpha value is -1.81. The number of carbonyl (C=O) groups is 1. The molecule has 126 valence electrons. The first-order valence-corrected chi connectivity index (χ1v) is 8.43. The van der Waals surface area contributed by atoms with Crippen LogP contribution in [0, 0.1) is 5.92 Å². The van der Waals surface area contributed by atoms with Gasteiger partial charge in [-0.05, 0) is 24.3 Å². The molecule has 0 radical (unpaired) electrons. The lowest BCUT2D eigenvalue weighted by Gasteiger charge is -2.18. The summed E-state index contributed by atoms with van der Waals surface area (Å²) < 4.78 is 10.4. The normalized spacial score (nSPS) is 17.1. The molecule has 4 heteroatoms. The van der Waals surface area contributed by atoms with Crippen LogP contribution in [0.2, 0.25) is 0 Å². The number of allylic oxidation sites excluding steroid dienone is 1. The van der Waals surface area contributed by atoms with E-state index in [9.17, 15) is 4.79 Å². The van der Waals surface area contributed by atoms with Crippen molar-refractivity contribution in [2.45, 2.75) is 38.1 Å². The van der Waals surface area contributed by atoms with E-state index in [1.165, 1.54) is 32.1 Å². The number of ether oxygens (including phenoxy) is 2. The van der Waals surface area contributed by atoms with E-state index in [-0.39, 0.29) is 6.04 Å². The minimum Gasteiger partial charge on any atom is -0.445 e. The van der Waals surface area contributed by atoms with Gasteiger partial charge in [0.15, 0.2) is 0 Å². The average Bonchev–Trinajstić information content (AvgIpc) is 2.60. The molecule has 0 spiro atoms. The van der Waals surface area contributed by atoms with E-state index < -0.39 is 6.09 Å². The molecule has 1 aliphatic rings. The maximum absolute atomic E-state index is 11.9. The Morgan fingerprint density at radius 3 is 2.70 bits per heavy atom. The lowest BCUT2D eigenvalue weighted by Crippen LogP contribution is -2.31. The molecule has 0 heterocycles. The molecule has 0 aromatic heterocycles. The van der Waals surface area contributed by atoms with Gasteiger partial charge in [0.25, 0.3) is 0 Å². The first-order valence-electron chi connectivity index (χ1n) is 8.43. The summed E-state index contributed by atoms with van der Waals surface area (Å²) in [5, 5.41) is 2.85. The number of amides is 1. The van der Waals surface area contributed by atoms with Crippen molar-refractivity contribution in [3.05, 3.63) is 48.0 Å². The van der Waals surface area contributed by atoms with Gasteiger partial charge in [0, 0.05) is 7.11 Å². The van der Waals surface area contributed by atoms with Crippen molar-refractivity contribution < 1.29 is 14.3 Å². The molecule has 1 saturated carbocycles. The van der Waals surface area contributed by atoms with Crippen LogP contribution in [0.1, 0.15) is 43.7 Å². The first-order chi connectivity index (χ1) is 11.3. The van der Waals surface area contributed by atoms with Gasteiger partial charge in [-0.15, -0.1) is 0 Å². The lowest BCUT2D eigenvalue weighted by molar-refractivity contribution is 0.133. The number of alkyl carbamates (subject to hydrolysis) is 1. The summed E-state index contributed by atoms with van der Waals surface area (Å²) in [5.41, 5.74) is 1.00. The molecule has 1 aromatic rings. The Balaban J connectivity index is 1.74. The van der Waals surface area contributed by atoms with E-state index in [4.69, 9.17) is 9.47 Å². The minimum absolute atomic E-state index is 0.198. The van der Waals surface area contributed by atoms with Crippen LogP contribution in [-0.4, -0.2) is 26.4 Å². The van der Waals surface area contributed by atoms with E-state index in [0.29, 0.717) is 19.1 Å². The molecule has 4 nitrogen and oxygen atoms in total. The standard InChI is InChI=1S/C19H27NO3/c1-22-15-18(17-12-6-3-7-13-17)20-19(21)23-14-8-11-16-9-4-2-5-10-16/h3,6-8,11-13,16,18H,2,4-5,9-10,14-15H2,1H3,(H,20,21)/b11-8+/t18-/m1/s1. The maximum Gasteiger partial charge on any atom is 0.408 e. The second-order valence-electron chi connectivity index (χ2n) is 5.99. The number of rotatable bonds is 7. The van der Waals surface area contributed by atoms with Crippen molar-refractivity contribution >= 4 is 6.09 Å². The molecule has 0 unspecified atom stereocenters. The van der Waals surface area contributed by atoms with Crippen LogP contribution in [0.25, 0.3) is 0 Å². The van der Waals surface area contributed by atoms with Gasteiger partial charge < -0.3 is 14.8 Å². The quantitative estimate of drug-likeness (QED) is 0.765. The lowest BCUT2D eigenvalue weighted by atomic mass is 9.89. The summed E-state index contributed by atoms with van der Waals surface area (Å²) in [6.45, 7) is 0.730. The van der Waals surface area contributed by atoms with Crippen LogP contribution < -0.4 is 5.32 Å². The van der Waals surface area contributed by atoms with Crippen LogP contribution in [0.5, 0.6) is 0 Å². The Kier molecular flexibility index (Phi) is 7.67. The largest absolute Gasteiger partial charge is 0.445 e. The predicted molar refractivity (Wildman–Crippen MR) is 91.3 cm³/mol. The molecule has 1 fully saturated rings. The fourth-order valence-electron chi connectivity index (χ4n) is 2.96. The minimum atomic E-state index is -0.413. The third kappa shape index (κ3) is 6.45. The molecule has 1 aliphatic carbocycles. The Bertz CT molecular complexity index is 481. The van der Waals surface area contributed by atoms with Gasteiger partial charge in [0.2, 0.25) is 0 Å². The topological polar surface area (TPSA) is 47.6 Å². The second kappa shape index (κ2) is 10.1. The van der Waals surface area contributed by atoms with E-state index in [1.54, 1.807) is 7.11 Å². The zero-order valence-corrected chi connectivity index (χ0v) is 13.9. The monoisotopic (exact) mass is 317 g/mol. The summed E-state index contributed by atoms with van der Waals surface area (Å²) in [4.78, 5) is 11.9. The van der Waals surface area contributed by atoms with Gasteiger partial charge in [-0.25, -0.2) is 4.79 Å². The predicted octanol–water partition coefficient (Wildman–Crippen LogP) is 4.24. The third-order valence-electron chi connectivity index (χ3n) is 4.20. The van der Waals surface area contributed by atoms with Crippen LogP contribution in [-0.2, 0) is 9.47 Å². The fourth-order valence-corrected chi connectivity index (χ4v) is 2.96. The van der Waals surface area contributed by atoms with E-state index >= 15 is 0 Å². The number of nitrogens with one attached hydrogen (secondary N) is 1. The highest BCUT2D eigenvalue weighted by molar-refractivity contribution is 5.68. The molecule has 1 atom stereocenters. The highest BCUT2D eigenvalue weighted by Gasteiger charge is 2.15. The van der Waals surface area contributed by atoms with E-state index in [2.05, 4.69) is 11.4 Å². The van der Waals surface area contributed by atoms with Crippen molar-refractivity contribution in [3.63, 3.8) is 0 Å². The highest BCUT2D eigenvalue weighted by Crippen LogP contribution is 2.24. The van der Waals surface area contributed by atoms with Gasteiger partial charge in [0.1, 0.15) is 6.61 Å². The Morgan fingerprint density at radius 1 is 1.26 bits per heavy atom. The molecule has 23 heavy (non-hydrogen) atoms. The zero-order valence-electron chi connectivity index (χ0n) is 13.9. The van der Waals surface area contributed by atoms with Gasteiger partial charge in [0.05, 0.1) is 12.6 Å². The summed E-state index contributed by atoms with van der Waals surface area (Å²) in [5.74, 6) is 0.654. The van der Waals surface area contributed by atoms with Crippen LogP contribution in [0.15, 0.2) is 42.5 Å². The molecule has 1 N–H and O–H groups in total. The van der Waals surface area contributed by atoms with E-state index in [0.717, 1.165) is 5.56 Å². The maximum atomic E-state index is 11.9. The molecule has 0 aliphatic heterocycles. The smallest absolute Gasteiger partial charge is 0.408 e. The molecule has 1 amide bonds. The van der Waals surface area contributed by atoms with Gasteiger partial charge >= 0.3 is 6.09 Å². The van der Waals surface area contributed by atoms with Crippen molar-refractivity contribution in [1.29, 1.82) is 0 Å². The molecule has 2 rings (SSSR count). The van der Waals surface area contributed by atoms with Gasteiger partial charge in [-0.1, -0.05) is 61.7 Å². The first kappa shape index (κ1) is 17.5. The van der Waals surface area contributed by atoms with E-state index in [1.807, 2.05) is 36.4 Å². The number of carbonyl (C=O) groups excluding carboxylic acids is 1. The Labute approximate surface area is 138 Å². The molecule has 0 bridgehead atoms. The number of hydrogen-bond acceptors (Lipinski definition) is 3. The van der Waals surface area contributed by atoms with Crippen molar-refractivity contribution in [3.8, 4) is 0 Å². The number of benzene rings is 1. The molecule has 1 aromatic carbocycles. The van der Waals surface area contributed by atoms with Crippen molar-refractivity contribution in [2.24, 2.45) is 5.92 Å². The molecular weight excluding hydrogens is 290 g/mol. The van der Waals surface area contributed by atoms with Gasteiger partial charge in [-0.3, -0.25) is 0 Å². The average molecular weight is 317 g/mol. The second-order valence-corrected chi connectivity index (χ2v) is 5.99. The fraction of sp³-hybridized carbons (Fsp3) is 0.526. The summed E-state index contributed by atoms with van der Waals surface area (Å²) in [6, 6.07) is 9.56. The van der Waals surface area contributed by atoms with Crippen LogP contribution in [0.4, 0.5) is 4.79 Å². The Morgan fingerprint density at radius 2 is 2.00 bits per heavy atom. The molecular formula is C19H27NO3. The van der Waals surface area contributed by atoms with Crippen molar-refractivity contribution in [1.82, 2.24) is 5.32 Å². The van der Waals surface area contributed by atoms with Crippen LogP contribution in [0.3, 0.4) is 0 Å². The van der Waals surface area contributed by atoms with Crippen molar-refractivity contribution in [2.75, 3.05) is 20.3 Å². The summed E-state index contributed by atoms with van der Waals surface area (Å²) in [6.07, 6.45) is 10.2. The van der Waals surface area contributed by atoms with Crippen LogP contribution >= 0.6 is 0 Å². The number of hydrogen-bond donors (Lipinski definition) is 1. The molecule has 0 saturated heterocycles. The summed E-state index contributed by atoms with van der Waals surface area (Å²) in [7, 11) is 1.62. The third-order valence-corrected chi connectivity index (χ3v) is 4.20.